The van der Waals surface area contributed by atoms with Crippen molar-refractivity contribution < 1.29 is 44.3 Å². The molecule has 206 valence electrons. The number of aryl methyl sites for hydroxylation is 1. The van der Waals surface area contributed by atoms with Crippen molar-refractivity contribution in [1.29, 1.82) is 0 Å². The summed E-state index contributed by atoms with van der Waals surface area (Å²) in [6.07, 6.45) is -0.209. The van der Waals surface area contributed by atoms with Crippen LogP contribution in [0.3, 0.4) is 0 Å². The van der Waals surface area contributed by atoms with Gasteiger partial charge in [0.2, 0.25) is 0 Å². The Morgan fingerprint density at radius 1 is 0.703 bits per heavy atom. The lowest BCUT2D eigenvalue weighted by Crippen LogP contribution is -2.26. The van der Waals surface area contributed by atoms with E-state index in [9.17, 15) is 39.5 Å². The lowest BCUT2D eigenvalue weighted by Gasteiger charge is -2.28. The number of hydrogen-bond donors (Lipinski definition) is 0. The van der Waals surface area contributed by atoms with Crippen LogP contribution in [0.15, 0.2) is 24.3 Å². The molecular formula is C27H29F9O. The first-order valence-electron chi connectivity index (χ1n) is 12.4. The standard InChI is InChI=1S/C27H29F9O/c1-2-3-4-5-16-6-8-17(9-7-16)10-11-18-12-20(28)25(21(29)13-18)27(35,36)37-19-14-22(30)24(23(31)15-19)26(32,33)34/h12-17H,2-11H2,1H3/t16-,17-. The molecule has 0 unspecified atom stereocenters. The fourth-order valence-electron chi connectivity index (χ4n) is 4.99. The molecule has 1 fully saturated rings. The molecule has 0 amide bonds. The summed E-state index contributed by atoms with van der Waals surface area (Å²) in [6, 6.07) is 1.25. The summed E-state index contributed by atoms with van der Waals surface area (Å²) < 4.78 is 128. The molecule has 0 heterocycles. The van der Waals surface area contributed by atoms with E-state index in [-0.39, 0.29) is 24.1 Å². The van der Waals surface area contributed by atoms with Crippen molar-refractivity contribution in [2.75, 3.05) is 0 Å². The second-order valence-electron chi connectivity index (χ2n) is 9.73. The van der Waals surface area contributed by atoms with Crippen LogP contribution in [0.1, 0.15) is 81.4 Å². The first-order valence-corrected chi connectivity index (χ1v) is 12.4. The highest BCUT2D eigenvalue weighted by Crippen LogP contribution is 2.40. The van der Waals surface area contributed by atoms with Crippen molar-refractivity contribution in [2.24, 2.45) is 11.8 Å². The molecule has 0 bridgehead atoms. The molecule has 0 aromatic heterocycles. The van der Waals surface area contributed by atoms with Crippen molar-refractivity contribution in [3.8, 4) is 5.75 Å². The molecule has 1 saturated carbocycles. The van der Waals surface area contributed by atoms with Gasteiger partial charge in [0.05, 0.1) is 0 Å². The van der Waals surface area contributed by atoms with Gasteiger partial charge >= 0.3 is 12.3 Å². The maximum Gasteiger partial charge on any atom is 0.432 e. The second-order valence-corrected chi connectivity index (χ2v) is 9.73. The lowest BCUT2D eigenvalue weighted by atomic mass is 9.78. The number of benzene rings is 2. The topological polar surface area (TPSA) is 9.23 Å². The fourth-order valence-corrected chi connectivity index (χ4v) is 4.99. The molecule has 0 aliphatic heterocycles. The first-order chi connectivity index (χ1) is 17.3. The summed E-state index contributed by atoms with van der Waals surface area (Å²) in [5.74, 6) is -7.96. The van der Waals surface area contributed by atoms with Crippen molar-refractivity contribution in [1.82, 2.24) is 0 Å². The van der Waals surface area contributed by atoms with E-state index in [2.05, 4.69) is 11.7 Å². The van der Waals surface area contributed by atoms with E-state index >= 15 is 0 Å². The molecular weight excluding hydrogens is 511 g/mol. The summed E-state index contributed by atoms with van der Waals surface area (Å²) in [7, 11) is 0. The van der Waals surface area contributed by atoms with E-state index in [0.29, 0.717) is 18.3 Å². The Kier molecular flexibility index (Phi) is 9.45. The molecule has 3 rings (SSSR count). The van der Waals surface area contributed by atoms with E-state index in [4.69, 9.17) is 0 Å². The van der Waals surface area contributed by atoms with Gasteiger partial charge in [0, 0.05) is 12.1 Å². The first kappa shape index (κ1) is 29.2. The Morgan fingerprint density at radius 2 is 1.19 bits per heavy atom. The highest BCUT2D eigenvalue weighted by Gasteiger charge is 2.43. The van der Waals surface area contributed by atoms with Gasteiger partial charge in [-0.3, -0.25) is 0 Å². The Labute approximate surface area is 210 Å². The monoisotopic (exact) mass is 540 g/mol. The van der Waals surface area contributed by atoms with Crippen LogP contribution in [0.5, 0.6) is 5.75 Å². The molecule has 0 spiro atoms. The largest absolute Gasteiger partial charge is 0.432 e. The summed E-state index contributed by atoms with van der Waals surface area (Å²) in [5.41, 5.74) is -3.93. The van der Waals surface area contributed by atoms with Gasteiger partial charge in [-0.15, -0.1) is 0 Å². The quantitative estimate of drug-likeness (QED) is 0.215. The Hall–Kier alpha value is -2.39. The predicted molar refractivity (Wildman–Crippen MR) is 120 cm³/mol. The van der Waals surface area contributed by atoms with Crippen LogP contribution in [0.25, 0.3) is 0 Å². The summed E-state index contributed by atoms with van der Waals surface area (Å²) in [6.45, 7) is 2.16. The van der Waals surface area contributed by atoms with Crippen LogP contribution >= 0.6 is 0 Å². The average molecular weight is 541 g/mol. The van der Waals surface area contributed by atoms with Crippen molar-refractivity contribution in [2.45, 2.75) is 83.4 Å². The average Bonchev–Trinajstić information content (AvgIpc) is 2.76. The third-order valence-corrected chi connectivity index (χ3v) is 6.96. The molecule has 0 radical (unpaired) electrons. The number of rotatable bonds is 10. The minimum Gasteiger partial charge on any atom is -0.429 e. The number of hydrogen-bond acceptors (Lipinski definition) is 1. The van der Waals surface area contributed by atoms with Gasteiger partial charge < -0.3 is 4.74 Å². The van der Waals surface area contributed by atoms with Crippen molar-refractivity contribution >= 4 is 0 Å². The highest BCUT2D eigenvalue weighted by atomic mass is 19.4. The van der Waals surface area contributed by atoms with E-state index in [0.717, 1.165) is 37.8 Å². The number of alkyl halides is 5. The molecule has 1 nitrogen and oxygen atoms in total. The summed E-state index contributed by atoms with van der Waals surface area (Å²) in [5, 5.41) is 0. The zero-order chi connectivity index (χ0) is 27.4. The van der Waals surface area contributed by atoms with Gasteiger partial charge in [0.1, 0.15) is 40.1 Å². The second kappa shape index (κ2) is 12.0. The third-order valence-electron chi connectivity index (χ3n) is 6.96. The van der Waals surface area contributed by atoms with Crippen LogP contribution in [0.2, 0.25) is 0 Å². The molecule has 37 heavy (non-hydrogen) atoms. The SMILES string of the molecule is CCCCC[C@H]1CC[C@H](CCc2cc(F)c(C(F)(F)Oc3cc(F)c(C(F)(F)F)c(F)c3)c(F)c2)CC1. The maximum atomic E-state index is 14.6. The Balaban J connectivity index is 1.65. The van der Waals surface area contributed by atoms with Gasteiger partial charge in [-0.2, -0.15) is 22.0 Å². The smallest absolute Gasteiger partial charge is 0.429 e. The molecule has 1 aliphatic rings. The van der Waals surface area contributed by atoms with Crippen LogP contribution in [-0.2, 0) is 18.7 Å². The Morgan fingerprint density at radius 3 is 1.68 bits per heavy atom. The summed E-state index contributed by atoms with van der Waals surface area (Å²) >= 11 is 0. The highest BCUT2D eigenvalue weighted by molar-refractivity contribution is 5.34. The van der Waals surface area contributed by atoms with Crippen molar-refractivity contribution in [3.05, 3.63) is 64.2 Å². The molecule has 1 aliphatic carbocycles. The minimum absolute atomic E-state index is 0.122. The Bertz CT molecular complexity index is 1010. The van der Waals surface area contributed by atoms with E-state index in [1.54, 1.807) is 0 Å². The summed E-state index contributed by atoms with van der Waals surface area (Å²) in [4.78, 5) is 0. The van der Waals surface area contributed by atoms with Gasteiger partial charge in [0.25, 0.3) is 0 Å². The van der Waals surface area contributed by atoms with E-state index in [1.807, 2.05) is 0 Å². The van der Waals surface area contributed by atoms with Crippen LogP contribution in [0.4, 0.5) is 39.5 Å². The molecule has 2 aromatic carbocycles. The molecule has 10 heteroatoms. The third kappa shape index (κ3) is 7.57. The van der Waals surface area contributed by atoms with E-state index in [1.165, 1.54) is 25.7 Å². The normalized spacial score (nSPS) is 18.8. The maximum absolute atomic E-state index is 14.6. The molecule has 0 saturated heterocycles. The van der Waals surface area contributed by atoms with Crippen molar-refractivity contribution in [3.63, 3.8) is 0 Å². The van der Waals surface area contributed by atoms with E-state index < -0.39 is 52.4 Å². The van der Waals surface area contributed by atoms with Crippen LogP contribution in [0, 0.1) is 35.1 Å². The van der Waals surface area contributed by atoms with Gasteiger partial charge in [-0.05, 0) is 42.4 Å². The predicted octanol–water partition coefficient (Wildman–Crippen LogP) is 9.71. The van der Waals surface area contributed by atoms with Crippen LogP contribution < -0.4 is 4.74 Å². The number of unbranched alkanes of at least 4 members (excludes halogenated alkanes) is 2. The lowest BCUT2D eigenvalue weighted by molar-refractivity contribution is -0.189. The number of ether oxygens (including phenoxy) is 1. The van der Waals surface area contributed by atoms with Crippen LogP contribution in [-0.4, -0.2) is 0 Å². The zero-order valence-electron chi connectivity index (χ0n) is 20.3. The van der Waals surface area contributed by atoms with Gasteiger partial charge in [0.15, 0.2) is 0 Å². The molecule has 0 atom stereocenters. The molecule has 0 N–H and O–H groups in total. The number of halogens is 9. The molecule has 2 aromatic rings. The van der Waals surface area contributed by atoms with Gasteiger partial charge in [-0.25, -0.2) is 17.6 Å². The zero-order valence-corrected chi connectivity index (χ0v) is 20.3. The van der Waals surface area contributed by atoms with Gasteiger partial charge in [-0.1, -0.05) is 58.3 Å². The fraction of sp³-hybridized carbons (Fsp3) is 0.556. The minimum atomic E-state index is -5.42.